The van der Waals surface area contributed by atoms with Gasteiger partial charge in [-0.2, -0.15) is 0 Å². The van der Waals surface area contributed by atoms with Gasteiger partial charge in [0.25, 0.3) is 0 Å². The van der Waals surface area contributed by atoms with E-state index in [1.54, 1.807) is 0 Å². The average Bonchev–Trinajstić information content (AvgIpc) is 2.93. The highest BCUT2D eigenvalue weighted by Gasteiger charge is 2.16. The molecular weight excluding hydrogens is 278 g/mol. The van der Waals surface area contributed by atoms with E-state index in [0.29, 0.717) is 24.8 Å². The van der Waals surface area contributed by atoms with Gasteiger partial charge in [-0.1, -0.05) is 17.7 Å². The minimum atomic E-state index is -0.546. The summed E-state index contributed by atoms with van der Waals surface area (Å²) in [5, 5.41) is 13.8. The first-order valence-electron chi connectivity index (χ1n) is 7.02. The van der Waals surface area contributed by atoms with Gasteiger partial charge in [0.1, 0.15) is 0 Å². The largest absolute Gasteiger partial charge is 0.389 e. The van der Waals surface area contributed by atoms with E-state index in [-0.39, 0.29) is 6.10 Å². The van der Waals surface area contributed by atoms with Crippen LogP contribution in [0.5, 0.6) is 0 Å². The summed E-state index contributed by atoms with van der Waals surface area (Å²) >= 11 is 5.95. The normalized spacial score (nSPS) is 20.1. The fraction of sp³-hybridized carbons (Fsp3) is 0.600. The van der Waals surface area contributed by atoms with Crippen LogP contribution in [0.1, 0.15) is 18.4 Å². The van der Waals surface area contributed by atoms with Gasteiger partial charge in [-0.05, 0) is 37.5 Å². The van der Waals surface area contributed by atoms with Crippen LogP contribution >= 0.6 is 11.6 Å². The molecule has 4 nitrogen and oxygen atoms in total. The maximum atomic E-state index is 9.88. The molecule has 0 aliphatic carbocycles. The van der Waals surface area contributed by atoms with Gasteiger partial charge in [0, 0.05) is 23.9 Å². The number of aryl methyl sites for hydroxylation is 1. The zero-order valence-electron chi connectivity index (χ0n) is 11.8. The first kappa shape index (κ1) is 15.6. The highest BCUT2D eigenvalue weighted by atomic mass is 35.5. The molecule has 0 bridgehead atoms. The molecule has 1 aliphatic rings. The van der Waals surface area contributed by atoms with Crippen LogP contribution < -0.4 is 5.32 Å². The summed E-state index contributed by atoms with van der Waals surface area (Å²) in [7, 11) is 0. The maximum Gasteiger partial charge on any atom is 0.0945 e. The molecule has 0 aromatic heterocycles. The lowest BCUT2D eigenvalue weighted by atomic mass is 10.2. The summed E-state index contributed by atoms with van der Waals surface area (Å²) in [6.45, 7) is 4.14. The molecule has 2 atom stereocenters. The van der Waals surface area contributed by atoms with Crippen molar-refractivity contribution >= 4 is 17.3 Å². The van der Waals surface area contributed by atoms with Crippen LogP contribution in [0.4, 0.5) is 5.69 Å². The molecule has 0 radical (unpaired) electrons. The van der Waals surface area contributed by atoms with Crippen molar-refractivity contribution in [2.45, 2.75) is 32.0 Å². The van der Waals surface area contributed by atoms with Crippen molar-refractivity contribution in [2.24, 2.45) is 0 Å². The minimum Gasteiger partial charge on any atom is -0.389 e. The first-order chi connectivity index (χ1) is 9.65. The van der Waals surface area contributed by atoms with Crippen LogP contribution in [0.25, 0.3) is 0 Å². The first-order valence-corrected chi connectivity index (χ1v) is 7.40. The third kappa shape index (κ3) is 4.94. The van der Waals surface area contributed by atoms with Gasteiger partial charge >= 0.3 is 0 Å². The molecular formula is C15H22ClNO3. The Morgan fingerprint density at radius 3 is 3.15 bits per heavy atom. The molecule has 1 aliphatic heterocycles. The second kappa shape index (κ2) is 7.84. The molecule has 112 valence electrons. The van der Waals surface area contributed by atoms with Crippen LogP contribution in [-0.4, -0.2) is 43.7 Å². The smallest absolute Gasteiger partial charge is 0.0945 e. The van der Waals surface area contributed by atoms with Gasteiger partial charge in [-0.3, -0.25) is 0 Å². The fourth-order valence-corrected chi connectivity index (χ4v) is 2.35. The van der Waals surface area contributed by atoms with E-state index in [4.69, 9.17) is 21.1 Å². The number of aliphatic hydroxyl groups excluding tert-OH is 1. The number of halogens is 1. The SMILES string of the molecule is Cc1ccc(Cl)cc1NCC(O)COCC1CCCO1. The predicted octanol–water partition coefficient (Wildman–Crippen LogP) is 2.62. The lowest BCUT2D eigenvalue weighted by Gasteiger charge is -2.16. The van der Waals surface area contributed by atoms with Crippen molar-refractivity contribution in [3.63, 3.8) is 0 Å². The van der Waals surface area contributed by atoms with Crippen molar-refractivity contribution in [2.75, 3.05) is 31.7 Å². The molecule has 1 aromatic carbocycles. The molecule has 0 spiro atoms. The van der Waals surface area contributed by atoms with Crippen molar-refractivity contribution in [3.05, 3.63) is 28.8 Å². The molecule has 5 heteroatoms. The predicted molar refractivity (Wildman–Crippen MR) is 80.5 cm³/mol. The number of anilines is 1. The van der Waals surface area contributed by atoms with Gasteiger partial charge in [0.2, 0.25) is 0 Å². The Balaban J connectivity index is 1.66. The number of ether oxygens (including phenoxy) is 2. The molecule has 2 rings (SSSR count). The number of aliphatic hydroxyl groups is 1. The standard InChI is InChI=1S/C15H22ClNO3/c1-11-4-5-12(16)7-15(11)17-8-13(18)9-19-10-14-3-2-6-20-14/h4-5,7,13-14,17-18H,2-3,6,8-10H2,1H3. The summed E-state index contributed by atoms with van der Waals surface area (Å²) in [6.07, 6.45) is 1.81. The van der Waals surface area contributed by atoms with Crippen LogP contribution in [0.2, 0.25) is 5.02 Å². The number of rotatable bonds is 7. The Hall–Kier alpha value is -0.810. The molecule has 1 heterocycles. The summed E-state index contributed by atoms with van der Waals surface area (Å²) in [4.78, 5) is 0. The summed E-state index contributed by atoms with van der Waals surface area (Å²) < 4.78 is 10.9. The van der Waals surface area contributed by atoms with Crippen molar-refractivity contribution in [1.82, 2.24) is 0 Å². The summed E-state index contributed by atoms with van der Waals surface area (Å²) in [5.41, 5.74) is 2.04. The van der Waals surface area contributed by atoms with Crippen molar-refractivity contribution < 1.29 is 14.6 Å². The highest BCUT2D eigenvalue weighted by molar-refractivity contribution is 6.30. The van der Waals surface area contributed by atoms with Crippen molar-refractivity contribution in [1.29, 1.82) is 0 Å². The summed E-state index contributed by atoms with van der Waals surface area (Å²) in [5.74, 6) is 0. The van der Waals surface area contributed by atoms with Gasteiger partial charge < -0.3 is 19.9 Å². The monoisotopic (exact) mass is 299 g/mol. The molecule has 20 heavy (non-hydrogen) atoms. The zero-order chi connectivity index (χ0) is 14.4. The Bertz CT molecular complexity index is 422. The van der Waals surface area contributed by atoms with E-state index < -0.39 is 6.10 Å². The van der Waals surface area contributed by atoms with E-state index >= 15 is 0 Å². The zero-order valence-corrected chi connectivity index (χ0v) is 12.5. The Labute approximate surface area is 125 Å². The molecule has 1 aromatic rings. The van der Waals surface area contributed by atoms with Crippen molar-refractivity contribution in [3.8, 4) is 0 Å². The van der Waals surface area contributed by atoms with Crippen LogP contribution in [0.15, 0.2) is 18.2 Å². The fourth-order valence-electron chi connectivity index (χ4n) is 2.18. The van der Waals surface area contributed by atoms with E-state index in [2.05, 4.69) is 5.32 Å². The highest BCUT2D eigenvalue weighted by Crippen LogP contribution is 2.20. The molecule has 1 fully saturated rings. The number of nitrogens with one attached hydrogen (secondary N) is 1. The molecule has 1 saturated heterocycles. The van der Waals surface area contributed by atoms with E-state index in [0.717, 1.165) is 30.7 Å². The van der Waals surface area contributed by atoms with E-state index in [9.17, 15) is 5.11 Å². The molecule has 0 amide bonds. The third-order valence-electron chi connectivity index (χ3n) is 3.37. The number of hydrogen-bond acceptors (Lipinski definition) is 4. The second-order valence-electron chi connectivity index (χ2n) is 5.17. The van der Waals surface area contributed by atoms with Gasteiger partial charge in [-0.15, -0.1) is 0 Å². The third-order valence-corrected chi connectivity index (χ3v) is 3.60. The van der Waals surface area contributed by atoms with Gasteiger partial charge in [0.05, 0.1) is 25.4 Å². The van der Waals surface area contributed by atoms with Crippen LogP contribution in [0, 0.1) is 6.92 Å². The average molecular weight is 300 g/mol. The van der Waals surface area contributed by atoms with E-state index in [1.165, 1.54) is 0 Å². The maximum absolute atomic E-state index is 9.88. The minimum absolute atomic E-state index is 0.199. The molecule has 2 N–H and O–H groups in total. The second-order valence-corrected chi connectivity index (χ2v) is 5.60. The quantitative estimate of drug-likeness (QED) is 0.812. The van der Waals surface area contributed by atoms with Gasteiger partial charge in [-0.25, -0.2) is 0 Å². The Morgan fingerprint density at radius 2 is 2.40 bits per heavy atom. The van der Waals surface area contributed by atoms with Gasteiger partial charge in [0.15, 0.2) is 0 Å². The lowest BCUT2D eigenvalue weighted by molar-refractivity contribution is -0.0137. The Morgan fingerprint density at radius 1 is 1.55 bits per heavy atom. The number of benzene rings is 1. The van der Waals surface area contributed by atoms with E-state index in [1.807, 2.05) is 25.1 Å². The topological polar surface area (TPSA) is 50.7 Å². The van der Waals surface area contributed by atoms with Crippen LogP contribution in [0.3, 0.4) is 0 Å². The number of hydrogen-bond donors (Lipinski definition) is 2. The molecule has 0 saturated carbocycles. The molecule has 2 unspecified atom stereocenters. The van der Waals surface area contributed by atoms with Crippen LogP contribution in [-0.2, 0) is 9.47 Å². The Kier molecular flexibility index (Phi) is 6.10. The summed E-state index contributed by atoms with van der Waals surface area (Å²) in [6, 6.07) is 5.66. The lowest BCUT2D eigenvalue weighted by Crippen LogP contribution is -2.27.